The highest BCUT2D eigenvalue weighted by molar-refractivity contribution is 6.31. The van der Waals surface area contributed by atoms with Gasteiger partial charge >= 0.3 is 6.01 Å². The zero-order valence-electron chi connectivity index (χ0n) is 26.7. The van der Waals surface area contributed by atoms with E-state index in [9.17, 15) is 14.4 Å². The number of benzene rings is 2. The van der Waals surface area contributed by atoms with Crippen molar-refractivity contribution in [2.24, 2.45) is 0 Å². The van der Waals surface area contributed by atoms with Gasteiger partial charge in [-0.05, 0) is 43.0 Å². The molecule has 13 heteroatoms. The number of carbonyl (C=O) groups excluding carboxylic acids is 3. The lowest BCUT2D eigenvalue weighted by Crippen LogP contribution is -2.61. The summed E-state index contributed by atoms with van der Waals surface area (Å²) >= 11 is 6.56. The fourth-order valence-corrected chi connectivity index (χ4v) is 5.65. The second-order valence-corrected chi connectivity index (χ2v) is 11.9. The number of aromatic nitrogens is 2. The molecule has 2 N–H and O–H groups in total. The molecule has 12 nitrogen and oxygen atoms in total. The van der Waals surface area contributed by atoms with Crippen LogP contribution in [-0.4, -0.2) is 84.6 Å². The maximum Gasteiger partial charge on any atom is 0.316 e. The average Bonchev–Trinajstić information content (AvgIpc) is 3.92. The van der Waals surface area contributed by atoms with Crippen LogP contribution in [0.15, 0.2) is 54.9 Å². The Balaban J connectivity index is 1.19. The van der Waals surface area contributed by atoms with Gasteiger partial charge in [-0.2, -0.15) is 0 Å². The summed E-state index contributed by atoms with van der Waals surface area (Å²) in [6.45, 7) is 4.34. The quantitative estimate of drug-likeness (QED) is 0.221. The molecule has 3 amide bonds. The number of para-hydroxylation sites is 1. The third-order valence-corrected chi connectivity index (χ3v) is 8.32. The van der Waals surface area contributed by atoms with Gasteiger partial charge in [-0.1, -0.05) is 41.9 Å². The maximum absolute atomic E-state index is 14.1. The van der Waals surface area contributed by atoms with Gasteiger partial charge in [0.15, 0.2) is 0 Å². The van der Waals surface area contributed by atoms with E-state index in [0.717, 1.165) is 35.3 Å². The van der Waals surface area contributed by atoms with Crippen LogP contribution in [-0.2, 0) is 38.7 Å². The zero-order valence-corrected chi connectivity index (χ0v) is 27.5. The first-order valence-electron chi connectivity index (χ1n) is 15.9. The number of amides is 3. The Labute approximate surface area is 279 Å². The number of hydrogen-bond acceptors (Lipinski definition) is 9. The summed E-state index contributed by atoms with van der Waals surface area (Å²) in [5.41, 5.74) is 2.96. The highest BCUT2D eigenvalue weighted by Gasteiger charge is 2.41. The van der Waals surface area contributed by atoms with Crippen molar-refractivity contribution in [3.63, 3.8) is 0 Å². The zero-order chi connectivity index (χ0) is 33.2. The molecule has 2 aromatic carbocycles. The number of nitrogens with zero attached hydrogens (tertiary/aromatic N) is 4. The SMILES string of the molecule is CCNC(=O)Cc1ccc(Cl)c(CN(C(=O)[C@H]2CNCC(=O)N2c2cnc(OCCCOCc3ccccc3OC)nc2)C2CC2)c1. The topological polar surface area (TPSA) is 135 Å². The summed E-state index contributed by atoms with van der Waals surface area (Å²) < 4.78 is 16.8. The van der Waals surface area contributed by atoms with Crippen LogP contribution in [0.1, 0.15) is 42.9 Å². The minimum absolute atomic E-state index is 0.0511. The number of likely N-dealkylation sites (N-methyl/N-ethyl adjacent to an activating group) is 1. The van der Waals surface area contributed by atoms with E-state index < -0.39 is 6.04 Å². The Morgan fingerprint density at radius 2 is 1.89 bits per heavy atom. The Hall–Kier alpha value is -4.26. The van der Waals surface area contributed by atoms with Gasteiger partial charge < -0.3 is 29.7 Å². The summed E-state index contributed by atoms with van der Waals surface area (Å²) in [5.74, 6) is 0.267. The van der Waals surface area contributed by atoms with Gasteiger partial charge in [-0.15, -0.1) is 0 Å². The van der Waals surface area contributed by atoms with E-state index >= 15 is 0 Å². The smallest absolute Gasteiger partial charge is 0.316 e. The molecule has 1 aliphatic heterocycles. The fraction of sp³-hybridized carbons (Fsp3) is 0.441. The summed E-state index contributed by atoms with van der Waals surface area (Å²) in [7, 11) is 1.63. The Kier molecular flexibility index (Phi) is 12.0. The second-order valence-electron chi connectivity index (χ2n) is 11.5. The van der Waals surface area contributed by atoms with Crippen molar-refractivity contribution in [1.29, 1.82) is 0 Å². The van der Waals surface area contributed by atoms with Crippen molar-refractivity contribution in [2.45, 2.75) is 57.8 Å². The standard InChI is InChI=1S/C34H41ClN6O6/c1-3-37-31(42)16-23-9-12-28(35)25(15-23)21-40(26-10-11-26)33(44)29-19-36-20-32(43)41(29)27-17-38-34(39-18-27)47-14-6-13-46-22-24-7-4-5-8-30(24)45-2/h4-5,7-9,12,15,17-18,26,29,36H,3,6,10-11,13-14,16,19-22H2,1-2H3,(H,37,42)/t29-/m1/s1. The largest absolute Gasteiger partial charge is 0.496 e. The van der Waals surface area contributed by atoms with Gasteiger partial charge in [0, 0.05) is 42.7 Å². The van der Waals surface area contributed by atoms with Crippen molar-refractivity contribution >= 4 is 35.0 Å². The lowest BCUT2D eigenvalue weighted by Gasteiger charge is -2.38. The molecule has 2 aliphatic rings. The molecule has 5 rings (SSSR count). The third kappa shape index (κ3) is 9.18. The Morgan fingerprint density at radius 1 is 1.11 bits per heavy atom. The molecule has 1 atom stereocenters. The summed E-state index contributed by atoms with van der Waals surface area (Å²) in [6, 6.07) is 12.6. The van der Waals surface area contributed by atoms with Gasteiger partial charge in [-0.25, -0.2) is 9.97 Å². The summed E-state index contributed by atoms with van der Waals surface area (Å²) in [6.07, 6.45) is 5.61. The van der Waals surface area contributed by atoms with Crippen LogP contribution in [0, 0.1) is 0 Å². The molecule has 0 radical (unpaired) electrons. The normalized spacial score (nSPS) is 16.1. The molecule has 250 valence electrons. The molecule has 2 fully saturated rings. The molecule has 47 heavy (non-hydrogen) atoms. The van der Waals surface area contributed by atoms with Crippen LogP contribution >= 0.6 is 11.6 Å². The van der Waals surface area contributed by atoms with Crippen molar-refractivity contribution in [1.82, 2.24) is 25.5 Å². The molecule has 0 bridgehead atoms. The van der Waals surface area contributed by atoms with E-state index in [1.54, 1.807) is 18.1 Å². The molecular formula is C34H41ClN6O6. The van der Waals surface area contributed by atoms with Crippen molar-refractivity contribution < 1.29 is 28.6 Å². The van der Waals surface area contributed by atoms with Crippen LogP contribution in [0.25, 0.3) is 0 Å². The van der Waals surface area contributed by atoms with Crippen molar-refractivity contribution in [3.8, 4) is 11.8 Å². The van der Waals surface area contributed by atoms with Gasteiger partial charge in [0.2, 0.25) is 17.7 Å². The number of piperazine rings is 1. The van der Waals surface area contributed by atoms with Crippen LogP contribution in [0.4, 0.5) is 5.69 Å². The first-order valence-corrected chi connectivity index (χ1v) is 16.3. The molecule has 0 unspecified atom stereocenters. The molecule has 1 saturated carbocycles. The highest BCUT2D eigenvalue weighted by Crippen LogP contribution is 2.32. The third-order valence-electron chi connectivity index (χ3n) is 7.95. The number of nitrogens with one attached hydrogen (secondary N) is 2. The molecule has 1 aliphatic carbocycles. The molecule has 0 spiro atoms. The van der Waals surface area contributed by atoms with E-state index in [-0.39, 0.29) is 55.8 Å². The van der Waals surface area contributed by atoms with Crippen LogP contribution in [0.5, 0.6) is 11.8 Å². The predicted molar refractivity (Wildman–Crippen MR) is 176 cm³/mol. The minimum Gasteiger partial charge on any atom is -0.496 e. The first kappa shape index (κ1) is 34.1. The highest BCUT2D eigenvalue weighted by atomic mass is 35.5. The van der Waals surface area contributed by atoms with E-state index in [0.29, 0.717) is 43.5 Å². The molecular weight excluding hydrogens is 624 g/mol. The monoisotopic (exact) mass is 664 g/mol. The number of hydrogen-bond donors (Lipinski definition) is 2. The number of halogens is 1. The van der Waals surface area contributed by atoms with Crippen LogP contribution in [0.2, 0.25) is 5.02 Å². The van der Waals surface area contributed by atoms with Gasteiger partial charge in [0.25, 0.3) is 0 Å². The lowest BCUT2D eigenvalue weighted by molar-refractivity contribution is -0.136. The maximum atomic E-state index is 14.1. The van der Waals surface area contributed by atoms with Crippen LogP contribution < -0.4 is 25.0 Å². The number of rotatable bonds is 16. The summed E-state index contributed by atoms with van der Waals surface area (Å²) in [4.78, 5) is 51.3. The second kappa shape index (κ2) is 16.5. The average molecular weight is 665 g/mol. The Morgan fingerprint density at radius 3 is 2.64 bits per heavy atom. The van der Waals surface area contributed by atoms with Gasteiger partial charge in [0.05, 0.1) is 58.0 Å². The molecule has 1 saturated heterocycles. The van der Waals surface area contributed by atoms with E-state index in [1.807, 2.05) is 43.3 Å². The number of methoxy groups -OCH3 is 1. The molecule has 1 aromatic heterocycles. The minimum atomic E-state index is -0.787. The Bertz CT molecular complexity index is 1540. The molecule has 3 aromatic rings. The van der Waals surface area contributed by atoms with E-state index in [2.05, 4.69) is 20.6 Å². The number of ether oxygens (including phenoxy) is 3. The van der Waals surface area contributed by atoms with Gasteiger partial charge in [0.1, 0.15) is 11.8 Å². The van der Waals surface area contributed by atoms with E-state index in [1.165, 1.54) is 17.3 Å². The predicted octanol–water partition coefficient (Wildman–Crippen LogP) is 3.30. The van der Waals surface area contributed by atoms with E-state index in [4.69, 9.17) is 25.8 Å². The van der Waals surface area contributed by atoms with Gasteiger partial charge in [-0.3, -0.25) is 19.3 Å². The fourth-order valence-electron chi connectivity index (χ4n) is 5.48. The van der Waals surface area contributed by atoms with Crippen molar-refractivity contribution in [2.75, 3.05) is 44.9 Å². The number of carbonyl (C=O) groups is 3. The summed E-state index contributed by atoms with van der Waals surface area (Å²) in [5, 5.41) is 6.40. The number of anilines is 1. The lowest BCUT2D eigenvalue weighted by atomic mass is 10.1. The van der Waals surface area contributed by atoms with Crippen molar-refractivity contribution in [3.05, 3.63) is 76.6 Å². The first-order chi connectivity index (χ1) is 22.9. The van der Waals surface area contributed by atoms with Crippen LogP contribution in [0.3, 0.4) is 0 Å². The molecule has 2 heterocycles.